The SMILES string of the molecule is Cc1nc(Sc2ccnc3cc(Br)cnc23)oc1C. The van der Waals surface area contributed by atoms with Gasteiger partial charge < -0.3 is 4.42 Å². The number of fused-ring (bicyclic) bond motifs is 1. The average molecular weight is 336 g/mol. The van der Waals surface area contributed by atoms with Crippen molar-refractivity contribution >= 4 is 38.7 Å². The molecule has 0 unspecified atom stereocenters. The van der Waals surface area contributed by atoms with Crippen molar-refractivity contribution in [2.45, 2.75) is 24.0 Å². The highest BCUT2D eigenvalue weighted by Gasteiger charge is 2.11. The van der Waals surface area contributed by atoms with E-state index >= 15 is 0 Å². The van der Waals surface area contributed by atoms with Crippen LogP contribution in [0, 0.1) is 13.8 Å². The summed E-state index contributed by atoms with van der Waals surface area (Å²) in [6.45, 7) is 3.84. The zero-order chi connectivity index (χ0) is 13.4. The van der Waals surface area contributed by atoms with Crippen LogP contribution in [0.15, 0.2) is 43.5 Å². The Balaban J connectivity index is 2.05. The van der Waals surface area contributed by atoms with E-state index < -0.39 is 0 Å². The molecule has 0 aliphatic heterocycles. The largest absolute Gasteiger partial charge is 0.436 e. The summed E-state index contributed by atoms with van der Waals surface area (Å²) in [6.07, 6.45) is 3.53. The van der Waals surface area contributed by atoms with Gasteiger partial charge in [-0.3, -0.25) is 9.97 Å². The minimum Gasteiger partial charge on any atom is -0.436 e. The number of nitrogens with zero attached hydrogens (tertiary/aromatic N) is 3. The first-order valence-electron chi connectivity index (χ1n) is 5.65. The smallest absolute Gasteiger partial charge is 0.261 e. The molecule has 0 aliphatic carbocycles. The molecule has 96 valence electrons. The maximum absolute atomic E-state index is 5.59. The minimum atomic E-state index is 0.632. The van der Waals surface area contributed by atoms with Gasteiger partial charge in [0.15, 0.2) is 0 Å². The first kappa shape index (κ1) is 12.6. The first-order valence-corrected chi connectivity index (χ1v) is 7.26. The molecule has 3 heterocycles. The zero-order valence-electron chi connectivity index (χ0n) is 10.3. The van der Waals surface area contributed by atoms with Gasteiger partial charge in [0.05, 0.1) is 11.2 Å². The quantitative estimate of drug-likeness (QED) is 0.704. The molecule has 0 saturated carbocycles. The van der Waals surface area contributed by atoms with Crippen LogP contribution >= 0.6 is 27.7 Å². The Morgan fingerprint density at radius 2 is 2.11 bits per heavy atom. The minimum absolute atomic E-state index is 0.632. The fraction of sp³-hybridized carbons (Fsp3) is 0.154. The number of pyridine rings is 2. The Bertz CT molecular complexity index is 737. The number of halogens is 1. The summed E-state index contributed by atoms with van der Waals surface area (Å²) in [5, 5.41) is 0.632. The molecule has 0 aliphatic rings. The number of aryl methyl sites for hydroxylation is 2. The van der Waals surface area contributed by atoms with E-state index in [1.165, 1.54) is 11.8 Å². The molecular weight excluding hydrogens is 326 g/mol. The van der Waals surface area contributed by atoms with Crippen LogP contribution in [0.4, 0.5) is 0 Å². The Morgan fingerprint density at radius 1 is 1.26 bits per heavy atom. The van der Waals surface area contributed by atoms with Crippen molar-refractivity contribution in [2.75, 3.05) is 0 Å². The molecule has 0 amide bonds. The van der Waals surface area contributed by atoms with E-state index in [-0.39, 0.29) is 0 Å². The summed E-state index contributed by atoms with van der Waals surface area (Å²) in [5.41, 5.74) is 2.61. The van der Waals surface area contributed by atoms with Gasteiger partial charge in [0.2, 0.25) is 0 Å². The van der Waals surface area contributed by atoms with Crippen molar-refractivity contribution < 1.29 is 4.42 Å². The van der Waals surface area contributed by atoms with E-state index in [9.17, 15) is 0 Å². The molecule has 3 aromatic rings. The fourth-order valence-corrected chi connectivity index (χ4v) is 2.88. The third-order valence-corrected chi connectivity index (χ3v) is 4.05. The average Bonchev–Trinajstić information content (AvgIpc) is 2.68. The second kappa shape index (κ2) is 4.94. The highest BCUT2D eigenvalue weighted by Crippen LogP contribution is 2.32. The molecule has 0 aromatic carbocycles. The standard InChI is InChI=1S/C13H10BrN3OS/c1-7-8(2)18-13(17-7)19-11-3-4-15-10-5-9(14)6-16-12(10)11/h3-6H,1-2H3. The van der Waals surface area contributed by atoms with E-state index in [4.69, 9.17) is 4.42 Å². The number of hydrogen-bond acceptors (Lipinski definition) is 5. The van der Waals surface area contributed by atoms with Crippen LogP contribution in [0.1, 0.15) is 11.5 Å². The van der Waals surface area contributed by atoms with Gasteiger partial charge >= 0.3 is 0 Å². The van der Waals surface area contributed by atoms with Gasteiger partial charge in [-0.15, -0.1) is 0 Å². The lowest BCUT2D eigenvalue weighted by Gasteiger charge is -2.02. The highest BCUT2D eigenvalue weighted by atomic mass is 79.9. The Morgan fingerprint density at radius 3 is 2.84 bits per heavy atom. The van der Waals surface area contributed by atoms with Gasteiger partial charge in [-0.05, 0) is 53.7 Å². The maximum Gasteiger partial charge on any atom is 0.261 e. The van der Waals surface area contributed by atoms with Gasteiger partial charge in [-0.2, -0.15) is 0 Å². The van der Waals surface area contributed by atoms with Gasteiger partial charge in [0, 0.05) is 21.8 Å². The molecule has 0 spiro atoms. The fourth-order valence-electron chi connectivity index (χ4n) is 1.64. The molecule has 3 aromatic heterocycles. The summed E-state index contributed by atoms with van der Waals surface area (Å²) >= 11 is 4.86. The van der Waals surface area contributed by atoms with E-state index in [1.54, 1.807) is 12.4 Å². The Kier molecular flexibility index (Phi) is 3.28. The summed E-state index contributed by atoms with van der Waals surface area (Å²) < 4.78 is 6.50. The number of hydrogen-bond donors (Lipinski definition) is 0. The highest BCUT2D eigenvalue weighted by molar-refractivity contribution is 9.10. The molecule has 0 N–H and O–H groups in total. The van der Waals surface area contributed by atoms with E-state index in [0.717, 1.165) is 31.9 Å². The second-order valence-corrected chi connectivity index (χ2v) is 5.96. The van der Waals surface area contributed by atoms with Crippen molar-refractivity contribution in [1.29, 1.82) is 0 Å². The van der Waals surface area contributed by atoms with Crippen LogP contribution in [0.25, 0.3) is 11.0 Å². The van der Waals surface area contributed by atoms with Crippen molar-refractivity contribution in [3.63, 3.8) is 0 Å². The van der Waals surface area contributed by atoms with Crippen LogP contribution in [-0.4, -0.2) is 15.0 Å². The van der Waals surface area contributed by atoms with Crippen LogP contribution in [0.5, 0.6) is 0 Å². The summed E-state index contributed by atoms with van der Waals surface area (Å²) in [7, 11) is 0. The molecule has 0 radical (unpaired) electrons. The molecule has 0 fully saturated rings. The van der Waals surface area contributed by atoms with Crippen LogP contribution in [-0.2, 0) is 0 Å². The number of oxazole rings is 1. The monoisotopic (exact) mass is 335 g/mol. The predicted octanol–water partition coefficient (Wildman–Crippen LogP) is 4.15. The molecule has 6 heteroatoms. The first-order chi connectivity index (χ1) is 9.13. The lowest BCUT2D eigenvalue weighted by molar-refractivity contribution is 0.431. The van der Waals surface area contributed by atoms with Crippen molar-refractivity contribution in [1.82, 2.24) is 15.0 Å². The van der Waals surface area contributed by atoms with Gasteiger partial charge in [-0.1, -0.05) is 0 Å². The topological polar surface area (TPSA) is 51.8 Å². The van der Waals surface area contributed by atoms with E-state index in [1.807, 2.05) is 26.0 Å². The van der Waals surface area contributed by atoms with Crippen LogP contribution in [0.3, 0.4) is 0 Å². The number of rotatable bonds is 2. The van der Waals surface area contributed by atoms with Crippen LogP contribution in [0.2, 0.25) is 0 Å². The van der Waals surface area contributed by atoms with Crippen molar-refractivity contribution in [2.24, 2.45) is 0 Å². The van der Waals surface area contributed by atoms with Gasteiger partial charge in [0.25, 0.3) is 5.22 Å². The van der Waals surface area contributed by atoms with E-state index in [2.05, 4.69) is 30.9 Å². The summed E-state index contributed by atoms with van der Waals surface area (Å²) in [6, 6.07) is 3.86. The molecule has 19 heavy (non-hydrogen) atoms. The molecule has 0 bridgehead atoms. The third-order valence-electron chi connectivity index (χ3n) is 2.71. The maximum atomic E-state index is 5.59. The Hall–Kier alpha value is -1.40. The predicted molar refractivity (Wildman–Crippen MR) is 77.3 cm³/mol. The van der Waals surface area contributed by atoms with E-state index in [0.29, 0.717) is 5.22 Å². The lowest BCUT2D eigenvalue weighted by Crippen LogP contribution is -1.86. The summed E-state index contributed by atoms with van der Waals surface area (Å²) in [4.78, 5) is 14.1. The molecule has 3 rings (SSSR count). The van der Waals surface area contributed by atoms with Gasteiger partial charge in [-0.25, -0.2) is 4.98 Å². The second-order valence-electron chi connectivity index (χ2n) is 4.05. The molecular formula is C13H10BrN3OS. The third kappa shape index (κ3) is 2.50. The zero-order valence-corrected chi connectivity index (χ0v) is 12.7. The Labute approximate surface area is 122 Å². The van der Waals surface area contributed by atoms with Crippen molar-refractivity contribution in [3.8, 4) is 0 Å². The summed E-state index contributed by atoms with van der Waals surface area (Å²) in [5.74, 6) is 0.844. The normalized spacial score (nSPS) is 11.1. The lowest BCUT2D eigenvalue weighted by atomic mass is 10.3. The van der Waals surface area contributed by atoms with Crippen LogP contribution < -0.4 is 0 Å². The molecule has 0 saturated heterocycles. The number of aromatic nitrogens is 3. The molecule has 4 nitrogen and oxygen atoms in total. The van der Waals surface area contributed by atoms with Crippen molar-refractivity contribution in [3.05, 3.63) is 40.5 Å². The van der Waals surface area contributed by atoms with Gasteiger partial charge in [0.1, 0.15) is 11.3 Å². The molecule has 0 atom stereocenters.